The van der Waals surface area contributed by atoms with Crippen LogP contribution in [0, 0.1) is 13.8 Å². The molecular formula is C19H19Cl2NO5. The van der Waals surface area contributed by atoms with Gasteiger partial charge in [-0.3, -0.25) is 4.79 Å². The van der Waals surface area contributed by atoms with Gasteiger partial charge < -0.3 is 19.5 Å². The highest BCUT2D eigenvalue weighted by Gasteiger charge is 2.13. The van der Waals surface area contributed by atoms with Gasteiger partial charge in [0.1, 0.15) is 11.5 Å². The zero-order valence-electron chi connectivity index (χ0n) is 15.1. The summed E-state index contributed by atoms with van der Waals surface area (Å²) in [5, 5.41) is 3.74. The van der Waals surface area contributed by atoms with E-state index in [4.69, 9.17) is 37.4 Å². The molecule has 0 saturated heterocycles. The summed E-state index contributed by atoms with van der Waals surface area (Å²) in [7, 11) is 1.46. The molecule has 0 unspecified atom stereocenters. The van der Waals surface area contributed by atoms with Crippen molar-refractivity contribution < 1.29 is 23.8 Å². The van der Waals surface area contributed by atoms with Gasteiger partial charge in [0, 0.05) is 16.1 Å². The average molecular weight is 412 g/mol. The molecule has 0 aromatic heterocycles. The smallest absolute Gasteiger partial charge is 0.344 e. The molecule has 0 heterocycles. The molecule has 1 N–H and O–H groups in total. The van der Waals surface area contributed by atoms with Gasteiger partial charge in [-0.1, -0.05) is 23.2 Å². The summed E-state index contributed by atoms with van der Waals surface area (Å²) in [5.41, 5.74) is 2.04. The first-order chi connectivity index (χ1) is 12.8. The number of aryl methyl sites for hydroxylation is 2. The second kappa shape index (κ2) is 9.48. The molecule has 0 bridgehead atoms. The summed E-state index contributed by atoms with van der Waals surface area (Å²) in [4.78, 5) is 23.8. The number of rotatable bonds is 7. The number of halogens is 2. The number of anilines is 1. The third-order valence-electron chi connectivity index (χ3n) is 3.61. The van der Waals surface area contributed by atoms with Gasteiger partial charge in [0.25, 0.3) is 5.91 Å². The Labute approximate surface area is 167 Å². The molecule has 0 spiro atoms. The number of carbonyl (C=O) groups is 2. The van der Waals surface area contributed by atoms with Crippen molar-refractivity contribution in [1.29, 1.82) is 0 Å². The highest BCUT2D eigenvalue weighted by molar-refractivity contribution is 6.31. The largest absolute Gasteiger partial charge is 0.495 e. The minimum atomic E-state index is -0.669. The molecule has 0 fully saturated rings. The molecule has 144 valence electrons. The standard InChI is InChI=1S/C19H19Cl2NO5/c1-11-6-13(4-5-14(11)20)26-10-19(24)27-9-18(23)22-16-7-12(2)15(21)8-17(16)25-3/h4-8H,9-10H2,1-3H3,(H,22,23). The maximum Gasteiger partial charge on any atom is 0.344 e. The molecule has 2 aromatic rings. The number of amides is 1. The fourth-order valence-electron chi connectivity index (χ4n) is 2.15. The zero-order valence-corrected chi connectivity index (χ0v) is 16.6. The summed E-state index contributed by atoms with van der Waals surface area (Å²) in [5.74, 6) is -0.283. The van der Waals surface area contributed by atoms with Crippen LogP contribution < -0.4 is 14.8 Å². The summed E-state index contributed by atoms with van der Waals surface area (Å²) in [6.07, 6.45) is 0. The maximum atomic E-state index is 12.0. The van der Waals surface area contributed by atoms with Gasteiger partial charge in [-0.15, -0.1) is 0 Å². The molecule has 0 aliphatic carbocycles. The number of carbonyl (C=O) groups excluding carboxylic acids is 2. The SMILES string of the molecule is COc1cc(Cl)c(C)cc1NC(=O)COC(=O)COc1ccc(Cl)c(C)c1. The fourth-order valence-corrected chi connectivity index (χ4v) is 2.42. The Balaban J connectivity index is 1.83. The van der Waals surface area contributed by atoms with Crippen LogP contribution in [-0.4, -0.2) is 32.2 Å². The first-order valence-electron chi connectivity index (χ1n) is 7.98. The fraction of sp³-hybridized carbons (Fsp3) is 0.263. The van der Waals surface area contributed by atoms with Crippen LogP contribution in [0.25, 0.3) is 0 Å². The van der Waals surface area contributed by atoms with Crippen LogP contribution in [0.15, 0.2) is 30.3 Å². The third-order valence-corrected chi connectivity index (χ3v) is 4.44. The molecular weight excluding hydrogens is 393 g/mol. The van der Waals surface area contributed by atoms with E-state index in [0.717, 1.165) is 11.1 Å². The third kappa shape index (κ3) is 6.05. The quantitative estimate of drug-likeness (QED) is 0.691. The van der Waals surface area contributed by atoms with Gasteiger partial charge in [-0.05, 0) is 49.2 Å². The predicted octanol–water partition coefficient (Wildman–Crippen LogP) is 4.18. The molecule has 2 rings (SSSR count). The molecule has 0 aliphatic heterocycles. The second-order valence-corrected chi connectivity index (χ2v) is 6.52. The number of benzene rings is 2. The second-order valence-electron chi connectivity index (χ2n) is 5.71. The molecule has 6 nitrogen and oxygen atoms in total. The summed E-state index contributed by atoms with van der Waals surface area (Å²) in [6.45, 7) is 2.85. The van der Waals surface area contributed by atoms with Crippen molar-refractivity contribution in [2.24, 2.45) is 0 Å². The van der Waals surface area contributed by atoms with E-state index in [0.29, 0.717) is 27.2 Å². The molecule has 8 heteroatoms. The Morgan fingerprint density at radius 3 is 2.37 bits per heavy atom. The van der Waals surface area contributed by atoms with Gasteiger partial charge in [0.2, 0.25) is 0 Å². The van der Waals surface area contributed by atoms with Crippen LogP contribution in [-0.2, 0) is 14.3 Å². The number of hydrogen-bond donors (Lipinski definition) is 1. The van der Waals surface area contributed by atoms with Crippen molar-refractivity contribution in [1.82, 2.24) is 0 Å². The van der Waals surface area contributed by atoms with E-state index in [2.05, 4.69) is 5.32 Å². The lowest BCUT2D eigenvalue weighted by Gasteiger charge is -2.12. The van der Waals surface area contributed by atoms with Crippen molar-refractivity contribution in [2.75, 3.05) is 25.6 Å². The van der Waals surface area contributed by atoms with Gasteiger partial charge in [-0.25, -0.2) is 4.79 Å². The van der Waals surface area contributed by atoms with E-state index in [1.165, 1.54) is 7.11 Å². The Morgan fingerprint density at radius 2 is 1.70 bits per heavy atom. The number of hydrogen-bond acceptors (Lipinski definition) is 5. The molecule has 0 radical (unpaired) electrons. The lowest BCUT2D eigenvalue weighted by atomic mass is 10.2. The van der Waals surface area contributed by atoms with E-state index in [1.807, 2.05) is 6.92 Å². The Morgan fingerprint density at radius 1 is 1.00 bits per heavy atom. The van der Waals surface area contributed by atoms with E-state index < -0.39 is 18.5 Å². The normalized spacial score (nSPS) is 10.3. The highest BCUT2D eigenvalue weighted by atomic mass is 35.5. The lowest BCUT2D eigenvalue weighted by molar-refractivity contribution is -0.149. The number of methoxy groups -OCH3 is 1. The van der Waals surface area contributed by atoms with Gasteiger partial charge in [-0.2, -0.15) is 0 Å². The molecule has 0 saturated carbocycles. The first-order valence-corrected chi connectivity index (χ1v) is 8.74. The molecule has 0 atom stereocenters. The molecule has 0 aliphatic rings. The van der Waals surface area contributed by atoms with Crippen LogP contribution in [0.4, 0.5) is 5.69 Å². The van der Waals surface area contributed by atoms with Gasteiger partial charge >= 0.3 is 5.97 Å². The number of ether oxygens (including phenoxy) is 3. The minimum absolute atomic E-state index is 0.322. The average Bonchev–Trinajstić information content (AvgIpc) is 2.63. The maximum absolute atomic E-state index is 12.0. The van der Waals surface area contributed by atoms with Gasteiger partial charge in [0.15, 0.2) is 13.2 Å². The van der Waals surface area contributed by atoms with E-state index in [9.17, 15) is 9.59 Å². The van der Waals surface area contributed by atoms with Crippen LogP contribution >= 0.6 is 23.2 Å². The summed E-state index contributed by atoms with van der Waals surface area (Å²) >= 11 is 12.0. The zero-order chi connectivity index (χ0) is 20.0. The van der Waals surface area contributed by atoms with Crippen LogP contribution in [0.3, 0.4) is 0 Å². The highest BCUT2D eigenvalue weighted by Crippen LogP contribution is 2.30. The van der Waals surface area contributed by atoms with Crippen molar-refractivity contribution >= 4 is 40.8 Å². The van der Waals surface area contributed by atoms with Crippen LogP contribution in [0.2, 0.25) is 10.0 Å². The van der Waals surface area contributed by atoms with E-state index in [-0.39, 0.29) is 6.61 Å². The monoisotopic (exact) mass is 411 g/mol. The summed E-state index contributed by atoms with van der Waals surface area (Å²) < 4.78 is 15.4. The van der Waals surface area contributed by atoms with Crippen molar-refractivity contribution in [3.8, 4) is 11.5 Å². The first kappa shape index (κ1) is 20.9. The van der Waals surface area contributed by atoms with Crippen molar-refractivity contribution in [3.63, 3.8) is 0 Å². The van der Waals surface area contributed by atoms with Crippen LogP contribution in [0.5, 0.6) is 11.5 Å². The topological polar surface area (TPSA) is 73.9 Å². The Kier molecular flexibility index (Phi) is 7.33. The van der Waals surface area contributed by atoms with E-state index >= 15 is 0 Å². The molecule has 2 aromatic carbocycles. The predicted molar refractivity (Wildman–Crippen MR) is 104 cm³/mol. The number of nitrogens with one attached hydrogen (secondary N) is 1. The van der Waals surface area contributed by atoms with Crippen molar-refractivity contribution in [2.45, 2.75) is 13.8 Å². The lowest BCUT2D eigenvalue weighted by Crippen LogP contribution is -2.24. The van der Waals surface area contributed by atoms with Gasteiger partial charge in [0.05, 0.1) is 12.8 Å². The number of esters is 1. The Bertz CT molecular complexity index is 854. The van der Waals surface area contributed by atoms with Crippen LogP contribution in [0.1, 0.15) is 11.1 Å². The minimum Gasteiger partial charge on any atom is -0.495 e. The van der Waals surface area contributed by atoms with E-state index in [1.54, 1.807) is 37.3 Å². The Hall–Kier alpha value is -2.44. The molecule has 27 heavy (non-hydrogen) atoms. The van der Waals surface area contributed by atoms with Crippen molar-refractivity contribution in [3.05, 3.63) is 51.5 Å². The molecule has 1 amide bonds. The summed E-state index contributed by atoms with van der Waals surface area (Å²) in [6, 6.07) is 8.29.